The van der Waals surface area contributed by atoms with Crippen molar-refractivity contribution >= 4 is 6.47 Å². The van der Waals surface area contributed by atoms with Gasteiger partial charge in [-0.05, 0) is 18.4 Å². The molecule has 1 aromatic carbocycles. The number of ether oxygens (including phenoxy) is 3. The van der Waals surface area contributed by atoms with Crippen molar-refractivity contribution in [1.29, 1.82) is 0 Å². The van der Waals surface area contributed by atoms with Gasteiger partial charge < -0.3 is 14.2 Å². The fraction of sp³-hybridized carbons (Fsp3) is 0.611. The molecular formula is C18H24O4. The van der Waals surface area contributed by atoms with Gasteiger partial charge in [-0.1, -0.05) is 36.8 Å². The zero-order chi connectivity index (χ0) is 15.3. The Morgan fingerprint density at radius 3 is 2.55 bits per heavy atom. The molecule has 0 N–H and O–H groups in total. The van der Waals surface area contributed by atoms with Crippen LogP contribution < -0.4 is 0 Å². The summed E-state index contributed by atoms with van der Waals surface area (Å²) >= 11 is 0. The lowest BCUT2D eigenvalue weighted by molar-refractivity contribution is -0.194. The van der Waals surface area contributed by atoms with E-state index in [1.165, 1.54) is 12.0 Å². The maximum atomic E-state index is 10.4. The lowest BCUT2D eigenvalue weighted by Crippen LogP contribution is -2.33. The minimum Gasteiger partial charge on any atom is -0.468 e. The highest BCUT2D eigenvalue weighted by Gasteiger charge is 2.47. The van der Waals surface area contributed by atoms with Crippen LogP contribution in [0.2, 0.25) is 0 Å². The average Bonchev–Trinajstić information content (AvgIpc) is 2.86. The second kappa shape index (κ2) is 7.25. The monoisotopic (exact) mass is 304 g/mol. The fourth-order valence-electron chi connectivity index (χ4n) is 3.55. The molecule has 1 saturated heterocycles. The molecule has 0 bridgehead atoms. The van der Waals surface area contributed by atoms with Crippen LogP contribution >= 0.6 is 0 Å². The molecule has 1 aliphatic carbocycles. The molecular weight excluding hydrogens is 280 g/mol. The lowest BCUT2D eigenvalue weighted by atomic mass is 9.94. The fourth-order valence-corrected chi connectivity index (χ4v) is 3.55. The van der Waals surface area contributed by atoms with Gasteiger partial charge in [-0.25, -0.2) is 0 Å². The van der Waals surface area contributed by atoms with E-state index in [0.717, 1.165) is 32.1 Å². The van der Waals surface area contributed by atoms with E-state index in [2.05, 4.69) is 12.1 Å². The largest absolute Gasteiger partial charge is 0.468 e. The van der Waals surface area contributed by atoms with Crippen molar-refractivity contribution in [1.82, 2.24) is 0 Å². The number of rotatable bonds is 6. The highest BCUT2D eigenvalue weighted by Crippen LogP contribution is 2.42. The maximum Gasteiger partial charge on any atom is 0.293 e. The Kier molecular flexibility index (Phi) is 5.11. The number of carbonyl (C=O) groups is 1. The SMILES string of the molecule is O=COCC[C@@H]1OC2(CCCCC2)O[C@H]1Cc1ccccc1. The van der Waals surface area contributed by atoms with Crippen molar-refractivity contribution in [3.8, 4) is 0 Å². The summed E-state index contributed by atoms with van der Waals surface area (Å²) in [7, 11) is 0. The average molecular weight is 304 g/mol. The van der Waals surface area contributed by atoms with Crippen LogP contribution in [0.15, 0.2) is 30.3 Å². The van der Waals surface area contributed by atoms with Crippen LogP contribution in [0.3, 0.4) is 0 Å². The van der Waals surface area contributed by atoms with Crippen molar-refractivity contribution in [3.63, 3.8) is 0 Å². The second-order valence-electron chi connectivity index (χ2n) is 6.23. The van der Waals surface area contributed by atoms with Crippen LogP contribution in [-0.4, -0.2) is 31.1 Å². The molecule has 3 rings (SSSR count). The molecule has 2 aliphatic rings. The Morgan fingerprint density at radius 2 is 1.82 bits per heavy atom. The maximum absolute atomic E-state index is 10.4. The first-order valence-electron chi connectivity index (χ1n) is 8.26. The van der Waals surface area contributed by atoms with Gasteiger partial charge in [0.1, 0.15) is 0 Å². The van der Waals surface area contributed by atoms with Crippen LogP contribution in [0, 0.1) is 0 Å². The predicted octanol–water partition coefficient (Wildman–Crippen LogP) is 3.24. The molecule has 2 fully saturated rings. The van der Waals surface area contributed by atoms with Crippen LogP contribution in [-0.2, 0) is 25.4 Å². The Hall–Kier alpha value is -1.39. The van der Waals surface area contributed by atoms with Crippen molar-refractivity contribution in [2.45, 2.75) is 62.9 Å². The smallest absolute Gasteiger partial charge is 0.293 e. The molecule has 1 aliphatic heterocycles. The Morgan fingerprint density at radius 1 is 1.09 bits per heavy atom. The molecule has 0 amide bonds. The molecule has 1 spiro atoms. The first-order valence-corrected chi connectivity index (χ1v) is 8.26. The van der Waals surface area contributed by atoms with Crippen molar-refractivity contribution < 1.29 is 19.0 Å². The van der Waals surface area contributed by atoms with E-state index in [1.54, 1.807) is 0 Å². The van der Waals surface area contributed by atoms with Gasteiger partial charge in [0.25, 0.3) is 6.47 Å². The molecule has 22 heavy (non-hydrogen) atoms. The third kappa shape index (κ3) is 3.68. The van der Waals surface area contributed by atoms with E-state index in [9.17, 15) is 4.79 Å². The molecule has 1 heterocycles. The molecule has 1 aromatic rings. The van der Waals surface area contributed by atoms with Gasteiger partial charge in [0.05, 0.1) is 18.8 Å². The van der Waals surface area contributed by atoms with Gasteiger partial charge in [-0.15, -0.1) is 0 Å². The standard InChI is InChI=1S/C18H24O4/c19-14-20-12-9-16-17(13-15-7-3-1-4-8-15)22-18(21-16)10-5-2-6-11-18/h1,3-4,7-8,14,16-17H,2,5-6,9-13H2/t16-,17-/m0/s1. The second-order valence-corrected chi connectivity index (χ2v) is 6.23. The molecule has 0 aromatic heterocycles. The molecule has 2 atom stereocenters. The van der Waals surface area contributed by atoms with E-state index in [-0.39, 0.29) is 12.2 Å². The molecule has 4 nitrogen and oxygen atoms in total. The summed E-state index contributed by atoms with van der Waals surface area (Å²) in [5.74, 6) is -0.399. The Labute approximate surface area is 131 Å². The van der Waals surface area contributed by atoms with Crippen molar-refractivity contribution in [2.24, 2.45) is 0 Å². The predicted molar refractivity (Wildman–Crippen MR) is 82.3 cm³/mol. The van der Waals surface area contributed by atoms with Gasteiger partial charge in [-0.2, -0.15) is 0 Å². The van der Waals surface area contributed by atoms with Crippen LogP contribution in [0.5, 0.6) is 0 Å². The summed E-state index contributed by atoms with van der Waals surface area (Å²) in [6.07, 6.45) is 7.11. The van der Waals surface area contributed by atoms with Gasteiger partial charge in [0, 0.05) is 25.7 Å². The van der Waals surface area contributed by atoms with E-state index >= 15 is 0 Å². The Bertz CT molecular complexity index is 467. The normalized spacial score (nSPS) is 26.9. The first-order chi connectivity index (χ1) is 10.8. The zero-order valence-corrected chi connectivity index (χ0v) is 12.9. The van der Waals surface area contributed by atoms with Crippen molar-refractivity contribution in [2.75, 3.05) is 6.61 Å². The summed E-state index contributed by atoms with van der Waals surface area (Å²) in [6.45, 7) is 0.886. The topological polar surface area (TPSA) is 44.8 Å². The third-order valence-electron chi connectivity index (χ3n) is 4.63. The molecule has 1 saturated carbocycles. The van der Waals surface area contributed by atoms with E-state index in [0.29, 0.717) is 19.5 Å². The number of hydrogen-bond donors (Lipinski definition) is 0. The van der Waals surface area contributed by atoms with Gasteiger partial charge in [-0.3, -0.25) is 4.79 Å². The minimum atomic E-state index is -0.399. The number of benzene rings is 1. The van der Waals surface area contributed by atoms with Crippen molar-refractivity contribution in [3.05, 3.63) is 35.9 Å². The summed E-state index contributed by atoms with van der Waals surface area (Å²) in [6, 6.07) is 10.4. The van der Waals surface area contributed by atoms with Gasteiger partial charge in [0.2, 0.25) is 0 Å². The summed E-state index contributed by atoms with van der Waals surface area (Å²) < 4.78 is 17.5. The molecule has 0 unspecified atom stereocenters. The van der Waals surface area contributed by atoms with Crippen LogP contribution in [0.25, 0.3) is 0 Å². The van der Waals surface area contributed by atoms with Gasteiger partial charge in [0.15, 0.2) is 5.79 Å². The van der Waals surface area contributed by atoms with Crippen LogP contribution in [0.4, 0.5) is 0 Å². The molecule has 120 valence electrons. The lowest BCUT2D eigenvalue weighted by Gasteiger charge is -2.32. The highest BCUT2D eigenvalue weighted by atomic mass is 16.8. The van der Waals surface area contributed by atoms with E-state index in [1.807, 2.05) is 18.2 Å². The minimum absolute atomic E-state index is 0.00161. The highest BCUT2D eigenvalue weighted by molar-refractivity contribution is 5.36. The molecule has 0 radical (unpaired) electrons. The van der Waals surface area contributed by atoms with Gasteiger partial charge >= 0.3 is 0 Å². The first kappa shape index (κ1) is 15.5. The number of carbonyl (C=O) groups excluding carboxylic acids is 1. The Balaban J connectivity index is 1.67. The summed E-state index contributed by atoms with van der Waals surface area (Å²) in [5.41, 5.74) is 1.25. The summed E-state index contributed by atoms with van der Waals surface area (Å²) in [5, 5.41) is 0. The zero-order valence-electron chi connectivity index (χ0n) is 12.9. The molecule has 4 heteroatoms. The van der Waals surface area contributed by atoms with E-state index < -0.39 is 5.79 Å². The number of hydrogen-bond acceptors (Lipinski definition) is 4. The quantitative estimate of drug-likeness (QED) is 0.598. The van der Waals surface area contributed by atoms with Crippen LogP contribution in [0.1, 0.15) is 44.1 Å². The third-order valence-corrected chi connectivity index (χ3v) is 4.63. The summed E-state index contributed by atoms with van der Waals surface area (Å²) in [4.78, 5) is 10.4. The van der Waals surface area contributed by atoms with E-state index in [4.69, 9.17) is 14.2 Å².